The number of aromatic nitrogens is 1. The number of hydrogen-bond acceptors (Lipinski definition) is 3. The van der Waals surface area contributed by atoms with E-state index in [0.29, 0.717) is 11.6 Å². The van der Waals surface area contributed by atoms with Crippen molar-refractivity contribution in [1.29, 1.82) is 0 Å². The largest absolute Gasteiger partial charge is 0.348 e. The first-order chi connectivity index (χ1) is 9.20. The standard InChI is InChI=1S/C13H19ClN2O3S/c1-8(2)16-7-11(20(14,18)19)6-12(16)13(17)15-9(3)10-4-5-10/h6-10H,4-5H2,1-3H3,(H,15,17). The van der Waals surface area contributed by atoms with Gasteiger partial charge in [-0.05, 0) is 45.6 Å². The van der Waals surface area contributed by atoms with Crippen LogP contribution in [0.4, 0.5) is 0 Å². The quantitative estimate of drug-likeness (QED) is 0.848. The Kier molecular flexibility index (Phi) is 4.16. The van der Waals surface area contributed by atoms with Gasteiger partial charge < -0.3 is 9.88 Å². The van der Waals surface area contributed by atoms with Crippen molar-refractivity contribution in [2.45, 2.75) is 50.6 Å². The molecule has 20 heavy (non-hydrogen) atoms. The fourth-order valence-electron chi connectivity index (χ4n) is 2.19. The molecule has 1 N–H and O–H groups in total. The monoisotopic (exact) mass is 318 g/mol. The molecule has 5 nitrogen and oxygen atoms in total. The third-order valence-electron chi connectivity index (χ3n) is 3.58. The Morgan fingerprint density at radius 2 is 2.00 bits per heavy atom. The van der Waals surface area contributed by atoms with E-state index in [4.69, 9.17) is 10.7 Å². The lowest BCUT2D eigenvalue weighted by Crippen LogP contribution is -2.35. The molecule has 1 unspecified atom stereocenters. The highest BCUT2D eigenvalue weighted by Gasteiger charge is 2.30. The fourth-order valence-corrected chi connectivity index (χ4v) is 2.94. The molecule has 0 aromatic carbocycles. The lowest BCUT2D eigenvalue weighted by Gasteiger charge is -2.16. The molecule has 1 atom stereocenters. The maximum atomic E-state index is 12.3. The number of nitrogens with zero attached hydrogens (tertiary/aromatic N) is 1. The summed E-state index contributed by atoms with van der Waals surface area (Å²) in [6.45, 7) is 5.73. The van der Waals surface area contributed by atoms with Gasteiger partial charge >= 0.3 is 0 Å². The highest BCUT2D eigenvalue weighted by Crippen LogP contribution is 2.32. The molecule has 1 aliphatic rings. The van der Waals surface area contributed by atoms with E-state index in [0.717, 1.165) is 12.8 Å². The summed E-state index contributed by atoms with van der Waals surface area (Å²) in [7, 11) is 1.51. The summed E-state index contributed by atoms with van der Waals surface area (Å²) in [4.78, 5) is 12.2. The summed E-state index contributed by atoms with van der Waals surface area (Å²) in [5.41, 5.74) is 0.326. The van der Waals surface area contributed by atoms with Crippen LogP contribution in [0.5, 0.6) is 0 Å². The first kappa shape index (κ1) is 15.4. The highest BCUT2D eigenvalue weighted by molar-refractivity contribution is 8.13. The van der Waals surface area contributed by atoms with E-state index in [1.54, 1.807) is 4.57 Å². The second-order valence-electron chi connectivity index (χ2n) is 5.60. The minimum Gasteiger partial charge on any atom is -0.348 e. The average molecular weight is 319 g/mol. The van der Waals surface area contributed by atoms with Crippen LogP contribution in [0.15, 0.2) is 17.2 Å². The Morgan fingerprint density at radius 1 is 1.40 bits per heavy atom. The third-order valence-corrected chi connectivity index (χ3v) is 4.90. The number of halogens is 1. The number of carbonyl (C=O) groups excluding carboxylic acids is 1. The molecule has 112 valence electrons. The van der Waals surface area contributed by atoms with Crippen LogP contribution in [-0.2, 0) is 9.05 Å². The van der Waals surface area contributed by atoms with Crippen LogP contribution in [0.2, 0.25) is 0 Å². The van der Waals surface area contributed by atoms with Gasteiger partial charge in [-0.1, -0.05) is 0 Å². The van der Waals surface area contributed by atoms with E-state index in [2.05, 4.69) is 5.32 Å². The van der Waals surface area contributed by atoms with Crippen molar-refractivity contribution in [3.8, 4) is 0 Å². The SMILES string of the molecule is CC(NC(=O)c1cc(S(=O)(=O)Cl)cn1C(C)C)C1CC1. The van der Waals surface area contributed by atoms with Crippen molar-refractivity contribution < 1.29 is 13.2 Å². The number of nitrogens with one attached hydrogen (secondary N) is 1. The van der Waals surface area contributed by atoms with Gasteiger partial charge in [-0.15, -0.1) is 0 Å². The molecule has 0 aliphatic heterocycles. The summed E-state index contributed by atoms with van der Waals surface area (Å²) in [5, 5.41) is 2.92. The molecule has 1 heterocycles. The van der Waals surface area contributed by atoms with Gasteiger partial charge in [0.1, 0.15) is 10.6 Å². The van der Waals surface area contributed by atoms with E-state index in [1.807, 2.05) is 20.8 Å². The molecular weight excluding hydrogens is 300 g/mol. The van der Waals surface area contributed by atoms with Crippen molar-refractivity contribution in [2.24, 2.45) is 5.92 Å². The second kappa shape index (κ2) is 5.41. The molecule has 7 heteroatoms. The van der Waals surface area contributed by atoms with E-state index in [1.165, 1.54) is 12.3 Å². The Hall–Kier alpha value is -1.01. The van der Waals surface area contributed by atoms with Crippen LogP contribution in [0, 0.1) is 5.92 Å². The Bertz CT molecular complexity index is 618. The molecule has 0 saturated heterocycles. The van der Waals surface area contributed by atoms with Gasteiger partial charge in [-0.3, -0.25) is 4.79 Å². The number of carbonyl (C=O) groups is 1. The minimum absolute atomic E-state index is 0.0286. The number of amides is 1. The molecule has 1 saturated carbocycles. The minimum atomic E-state index is -3.83. The molecule has 1 aromatic heterocycles. The van der Waals surface area contributed by atoms with E-state index >= 15 is 0 Å². The van der Waals surface area contributed by atoms with Gasteiger partial charge in [0, 0.05) is 29.0 Å². The summed E-state index contributed by atoms with van der Waals surface area (Å²) in [5.74, 6) is 0.280. The Morgan fingerprint density at radius 3 is 2.45 bits per heavy atom. The van der Waals surface area contributed by atoms with Gasteiger partial charge in [0.15, 0.2) is 0 Å². The van der Waals surface area contributed by atoms with Crippen LogP contribution in [0.3, 0.4) is 0 Å². The first-order valence-electron chi connectivity index (χ1n) is 6.67. The van der Waals surface area contributed by atoms with Crippen molar-refractivity contribution in [2.75, 3.05) is 0 Å². The van der Waals surface area contributed by atoms with Crippen LogP contribution < -0.4 is 5.32 Å². The summed E-state index contributed by atoms with van der Waals surface area (Å²) in [6.07, 6.45) is 3.67. The maximum Gasteiger partial charge on any atom is 0.268 e. The van der Waals surface area contributed by atoms with E-state index < -0.39 is 9.05 Å². The molecule has 0 radical (unpaired) electrons. The van der Waals surface area contributed by atoms with Crippen LogP contribution in [0.25, 0.3) is 0 Å². The number of rotatable bonds is 5. The lowest BCUT2D eigenvalue weighted by molar-refractivity contribution is 0.0925. The van der Waals surface area contributed by atoms with Gasteiger partial charge in [-0.25, -0.2) is 8.42 Å². The highest BCUT2D eigenvalue weighted by atomic mass is 35.7. The molecular formula is C13H19ClN2O3S. The van der Waals surface area contributed by atoms with E-state index in [9.17, 15) is 13.2 Å². The normalized spacial score (nSPS) is 17.2. The van der Waals surface area contributed by atoms with Gasteiger partial charge in [-0.2, -0.15) is 0 Å². The van der Waals surface area contributed by atoms with E-state index in [-0.39, 0.29) is 22.9 Å². The predicted molar refractivity (Wildman–Crippen MR) is 77.5 cm³/mol. The fraction of sp³-hybridized carbons (Fsp3) is 0.615. The topological polar surface area (TPSA) is 68.2 Å². The second-order valence-corrected chi connectivity index (χ2v) is 8.17. The lowest BCUT2D eigenvalue weighted by atomic mass is 10.2. The van der Waals surface area contributed by atoms with Crippen molar-refractivity contribution in [3.63, 3.8) is 0 Å². The maximum absolute atomic E-state index is 12.3. The molecule has 1 fully saturated rings. The Balaban J connectivity index is 2.28. The molecule has 0 spiro atoms. The Labute approximate surface area is 123 Å². The summed E-state index contributed by atoms with van der Waals surface area (Å²) >= 11 is 0. The zero-order valence-electron chi connectivity index (χ0n) is 11.8. The van der Waals surface area contributed by atoms with Crippen molar-refractivity contribution >= 4 is 25.6 Å². The first-order valence-corrected chi connectivity index (χ1v) is 8.98. The van der Waals surface area contributed by atoms with Gasteiger partial charge in [0.05, 0.1) is 0 Å². The zero-order valence-corrected chi connectivity index (χ0v) is 13.3. The predicted octanol–water partition coefficient (Wildman–Crippen LogP) is 2.52. The van der Waals surface area contributed by atoms with Crippen LogP contribution >= 0.6 is 10.7 Å². The van der Waals surface area contributed by atoms with Gasteiger partial charge in [0.2, 0.25) is 0 Å². The smallest absolute Gasteiger partial charge is 0.268 e. The molecule has 1 aromatic rings. The molecule has 0 bridgehead atoms. The van der Waals surface area contributed by atoms with Crippen molar-refractivity contribution in [1.82, 2.24) is 9.88 Å². The summed E-state index contributed by atoms with van der Waals surface area (Å²) < 4.78 is 24.4. The molecule has 1 aliphatic carbocycles. The van der Waals surface area contributed by atoms with Crippen LogP contribution in [-0.4, -0.2) is 24.9 Å². The number of hydrogen-bond donors (Lipinski definition) is 1. The van der Waals surface area contributed by atoms with Crippen LogP contribution in [0.1, 0.15) is 50.1 Å². The summed E-state index contributed by atoms with van der Waals surface area (Å²) in [6, 6.07) is 1.41. The molecule has 1 amide bonds. The molecule has 2 rings (SSSR count). The van der Waals surface area contributed by atoms with Gasteiger partial charge in [0.25, 0.3) is 15.0 Å². The van der Waals surface area contributed by atoms with Crippen molar-refractivity contribution in [3.05, 3.63) is 18.0 Å². The zero-order chi connectivity index (χ0) is 15.1. The third kappa shape index (κ3) is 3.35. The average Bonchev–Trinajstić information content (AvgIpc) is 3.04.